The van der Waals surface area contributed by atoms with Gasteiger partial charge in [0.15, 0.2) is 23.6 Å². The Labute approximate surface area is 269 Å². The van der Waals surface area contributed by atoms with Crippen molar-refractivity contribution in [3.8, 4) is 45.0 Å². The summed E-state index contributed by atoms with van der Waals surface area (Å²) in [4.78, 5) is 20.5. The van der Waals surface area contributed by atoms with E-state index in [2.05, 4.69) is 92.7 Å². The molecule has 5 nitrogen and oxygen atoms in total. The Morgan fingerprint density at radius 3 is 2.04 bits per heavy atom. The van der Waals surface area contributed by atoms with E-state index >= 15 is 0 Å². The van der Waals surface area contributed by atoms with Gasteiger partial charge >= 0.3 is 0 Å². The lowest BCUT2D eigenvalue weighted by atomic mass is 9.49. The first-order valence-corrected chi connectivity index (χ1v) is 16.9. The summed E-state index contributed by atoms with van der Waals surface area (Å²) in [6, 6.07) is 30.3. The molecule has 4 bridgehead atoms. The van der Waals surface area contributed by atoms with Crippen molar-refractivity contribution in [3.63, 3.8) is 0 Å². The van der Waals surface area contributed by atoms with E-state index in [0.29, 0.717) is 5.82 Å². The van der Waals surface area contributed by atoms with Crippen LogP contribution in [0.25, 0.3) is 56.1 Å². The molecule has 0 N–H and O–H groups in total. The minimum absolute atomic E-state index is 0.0493. The lowest BCUT2D eigenvalue weighted by Crippen LogP contribution is -2.49. The zero-order valence-electron chi connectivity index (χ0n) is 26.3. The molecule has 0 aliphatic heterocycles. The lowest BCUT2D eigenvalue weighted by Gasteiger charge is -2.56. The molecule has 46 heavy (non-hydrogen) atoms. The molecule has 5 aliphatic rings. The number of aromatic nitrogens is 4. The van der Waals surface area contributed by atoms with Gasteiger partial charge in [0.2, 0.25) is 0 Å². The molecule has 6 aromatic rings. The van der Waals surface area contributed by atoms with Crippen molar-refractivity contribution in [1.82, 2.24) is 19.9 Å². The van der Waals surface area contributed by atoms with E-state index < -0.39 is 0 Å². The molecule has 0 unspecified atom stereocenters. The predicted octanol–water partition coefficient (Wildman–Crippen LogP) is 9.79. The van der Waals surface area contributed by atoms with E-state index in [0.717, 1.165) is 62.8 Å². The summed E-state index contributed by atoms with van der Waals surface area (Å²) >= 11 is 0. The second-order valence-corrected chi connectivity index (χ2v) is 15.0. The van der Waals surface area contributed by atoms with E-state index in [4.69, 9.17) is 24.4 Å². The molecule has 4 fully saturated rings. The standard InChI is InChI=1S/C41H36N4O/c1-40(2)33-11-7-6-10-30(33)31-13-12-28(19-34(31)40)29-14-15-32(35-36(29)46-23-42-35)38-43-37(27-8-4-3-5-9-27)44-39(45-38)41-20-24-16-25(21-41)18-26(17-24)22-41/h3-15,19,23-26H,16-18,20-22H2,1-2H3. The largest absolute Gasteiger partial charge is 0.443 e. The van der Waals surface area contributed by atoms with Crippen molar-refractivity contribution >= 4 is 11.1 Å². The van der Waals surface area contributed by atoms with Crippen LogP contribution in [0.15, 0.2) is 95.7 Å². The first-order valence-electron chi connectivity index (χ1n) is 16.9. The summed E-state index contributed by atoms with van der Waals surface area (Å²) in [5, 5.41) is 0. The molecule has 0 amide bonds. The maximum absolute atomic E-state index is 6.16. The van der Waals surface area contributed by atoms with Gasteiger partial charge in [-0.2, -0.15) is 0 Å². The number of rotatable bonds is 4. The first kappa shape index (κ1) is 26.6. The summed E-state index contributed by atoms with van der Waals surface area (Å²) in [6.07, 6.45) is 9.32. The zero-order valence-corrected chi connectivity index (χ0v) is 26.3. The van der Waals surface area contributed by atoms with Gasteiger partial charge in [-0.05, 0) is 102 Å². The predicted molar refractivity (Wildman–Crippen MR) is 181 cm³/mol. The lowest BCUT2D eigenvalue weighted by molar-refractivity contribution is -0.00938. The summed E-state index contributed by atoms with van der Waals surface area (Å²) in [7, 11) is 0. The SMILES string of the molecule is CC1(C)c2ccccc2-c2ccc(-c3ccc(-c4nc(-c5ccccc5)nc(C56CC7CC(CC(C7)C5)C6)n4)c4ncoc34)cc21. The molecule has 5 aliphatic carbocycles. The summed E-state index contributed by atoms with van der Waals surface area (Å²) < 4.78 is 6.16. The summed E-state index contributed by atoms with van der Waals surface area (Å²) in [6.45, 7) is 4.64. The molecule has 4 aromatic carbocycles. The minimum atomic E-state index is -0.0746. The van der Waals surface area contributed by atoms with Crippen LogP contribution in [-0.2, 0) is 10.8 Å². The van der Waals surface area contributed by atoms with Gasteiger partial charge in [-0.15, -0.1) is 0 Å². The van der Waals surface area contributed by atoms with Crippen molar-refractivity contribution in [2.24, 2.45) is 17.8 Å². The van der Waals surface area contributed by atoms with Crippen molar-refractivity contribution in [1.29, 1.82) is 0 Å². The summed E-state index contributed by atoms with van der Waals surface area (Å²) in [5.41, 5.74) is 11.0. The van der Waals surface area contributed by atoms with Crippen LogP contribution >= 0.6 is 0 Å². The molecule has 0 atom stereocenters. The third-order valence-electron chi connectivity index (χ3n) is 11.8. The molecule has 2 heterocycles. The van der Waals surface area contributed by atoms with Gasteiger partial charge in [-0.1, -0.05) is 80.6 Å². The van der Waals surface area contributed by atoms with Crippen LogP contribution in [0.2, 0.25) is 0 Å². The number of fused-ring (bicyclic) bond motifs is 4. The quantitative estimate of drug-likeness (QED) is 0.202. The van der Waals surface area contributed by atoms with Gasteiger partial charge in [0.05, 0.1) is 0 Å². The van der Waals surface area contributed by atoms with Crippen LogP contribution in [0.5, 0.6) is 0 Å². The van der Waals surface area contributed by atoms with E-state index in [1.54, 1.807) is 6.39 Å². The highest BCUT2D eigenvalue weighted by atomic mass is 16.3. The van der Waals surface area contributed by atoms with Gasteiger partial charge in [-0.3, -0.25) is 0 Å². The number of hydrogen-bond acceptors (Lipinski definition) is 5. The molecule has 5 heteroatoms. The Morgan fingerprint density at radius 2 is 1.26 bits per heavy atom. The Bertz CT molecular complexity index is 2140. The topological polar surface area (TPSA) is 64.7 Å². The van der Waals surface area contributed by atoms with E-state index in [1.165, 1.54) is 60.8 Å². The van der Waals surface area contributed by atoms with Gasteiger partial charge in [-0.25, -0.2) is 19.9 Å². The monoisotopic (exact) mass is 600 g/mol. The smallest absolute Gasteiger partial charge is 0.182 e. The van der Waals surface area contributed by atoms with Gasteiger partial charge < -0.3 is 4.42 Å². The average molecular weight is 601 g/mol. The van der Waals surface area contributed by atoms with Crippen molar-refractivity contribution < 1.29 is 4.42 Å². The highest BCUT2D eigenvalue weighted by Gasteiger charge is 2.53. The molecule has 0 spiro atoms. The fourth-order valence-electron chi connectivity index (χ4n) is 10.1. The number of benzene rings is 4. The third-order valence-corrected chi connectivity index (χ3v) is 11.8. The van der Waals surface area contributed by atoms with Crippen LogP contribution in [-0.4, -0.2) is 19.9 Å². The van der Waals surface area contributed by atoms with Crippen LogP contribution in [0.1, 0.15) is 69.3 Å². The molecule has 2 aromatic heterocycles. The second kappa shape index (κ2) is 9.45. The molecular formula is C41H36N4O. The molecule has 226 valence electrons. The Kier molecular flexibility index (Phi) is 5.45. The van der Waals surface area contributed by atoms with Crippen molar-refractivity contribution in [2.45, 2.75) is 63.2 Å². The van der Waals surface area contributed by atoms with Gasteiger partial charge in [0, 0.05) is 27.5 Å². The van der Waals surface area contributed by atoms with Crippen molar-refractivity contribution in [3.05, 3.63) is 108 Å². The Balaban J connectivity index is 1.12. The normalized spacial score (nSPS) is 25.1. The fourth-order valence-corrected chi connectivity index (χ4v) is 10.1. The van der Waals surface area contributed by atoms with Crippen molar-refractivity contribution in [2.75, 3.05) is 0 Å². The maximum atomic E-state index is 6.16. The van der Waals surface area contributed by atoms with Crippen LogP contribution < -0.4 is 0 Å². The van der Waals surface area contributed by atoms with Crippen LogP contribution in [0.4, 0.5) is 0 Å². The van der Waals surface area contributed by atoms with Gasteiger partial charge in [0.1, 0.15) is 11.3 Å². The molecule has 0 radical (unpaired) electrons. The zero-order chi connectivity index (χ0) is 30.6. The highest BCUT2D eigenvalue weighted by molar-refractivity contribution is 5.99. The Hall–Kier alpha value is -4.64. The fraction of sp³-hybridized carbons (Fsp3) is 0.317. The van der Waals surface area contributed by atoms with E-state index in [1.807, 2.05) is 6.07 Å². The minimum Gasteiger partial charge on any atom is -0.443 e. The number of nitrogens with zero attached hydrogens (tertiary/aromatic N) is 4. The number of oxazole rings is 1. The molecule has 4 saturated carbocycles. The maximum Gasteiger partial charge on any atom is 0.182 e. The summed E-state index contributed by atoms with van der Waals surface area (Å²) in [5.74, 6) is 4.83. The molecular weight excluding hydrogens is 564 g/mol. The van der Waals surface area contributed by atoms with Crippen LogP contribution in [0, 0.1) is 17.8 Å². The second-order valence-electron chi connectivity index (χ2n) is 15.0. The number of hydrogen-bond donors (Lipinski definition) is 0. The highest BCUT2D eigenvalue weighted by Crippen LogP contribution is 2.60. The molecule has 11 rings (SSSR count). The van der Waals surface area contributed by atoms with Gasteiger partial charge in [0.25, 0.3) is 0 Å². The first-order chi connectivity index (χ1) is 22.4. The van der Waals surface area contributed by atoms with Crippen LogP contribution in [0.3, 0.4) is 0 Å². The third kappa shape index (κ3) is 3.81. The molecule has 0 saturated heterocycles. The van der Waals surface area contributed by atoms with E-state index in [9.17, 15) is 0 Å². The van der Waals surface area contributed by atoms with E-state index in [-0.39, 0.29) is 10.8 Å². The Morgan fingerprint density at radius 1 is 0.609 bits per heavy atom. The average Bonchev–Trinajstić information content (AvgIpc) is 3.65.